The molecule has 1 N–H and O–H groups in total. The highest BCUT2D eigenvalue weighted by Gasteiger charge is 1.90. The Morgan fingerprint density at radius 1 is 1.33 bits per heavy atom. The molecule has 9 heavy (non-hydrogen) atoms. The van der Waals surface area contributed by atoms with Gasteiger partial charge in [0.25, 0.3) is 0 Å². The number of hydrogen-bond donors (Lipinski definition) is 1. The SMILES string of the molecule is CC(C)CCNCCBr. The molecule has 0 aliphatic rings. The van der Waals surface area contributed by atoms with Crippen LogP contribution >= 0.6 is 15.9 Å². The Hall–Kier alpha value is 0.440. The molecule has 0 aliphatic heterocycles. The van der Waals surface area contributed by atoms with Crippen molar-refractivity contribution in [3.8, 4) is 0 Å². The van der Waals surface area contributed by atoms with Crippen LogP contribution in [0.2, 0.25) is 0 Å². The standard InChI is InChI=1S/C7H16BrN/c1-7(2)3-5-9-6-4-8/h7,9H,3-6H2,1-2H3. The number of halogens is 1. The molecule has 0 atom stereocenters. The predicted octanol–water partition coefficient (Wildman–Crippen LogP) is 2.02. The van der Waals surface area contributed by atoms with Crippen LogP contribution in [-0.4, -0.2) is 18.4 Å². The first kappa shape index (κ1) is 9.44. The summed E-state index contributed by atoms with van der Waals surface area (Å²) in [4.78, 5) is 0. The first-order valence-corrected chi connectivity index (χ1v) is 4.66. The Morgan fingerprint density at radius 3 is 2.44 bits per heavy atom. The average Bonchev–Trinajstić information content (AvgIpc) is 1.80. The summed E-state index contributed by atoms with van der Waals surface area (Å²) in [6, 6.07) is 0. The molecular weight excluding hydrogens is 178 g/mol. The Morgan fingerprint density at radius 2 is 2.00 bits per heavy atom. The van der Waals surface area contributed by atoms with Gasteiger partial charge in [-0.1, -0.05) is 29.8 Å². The van der Waals surface area contributed by atoms with E-state index in [0.29, 0.717) is 0 Å². The van der Waals surface area contributed by atoms with E-state index >= 15 is 0 Å². The molecule has 0 aromatic rings. The van der Waals surface area contributed by atoms with Gasteiger partial charge in [0.15, 0.2) is 0 Å². The van der Waals surface area contributed by atoms with E-state index < -0.39 is 0 Å². The van der Waals surface area contributed by atoms with Gasteiger partial charge in [0.2, 0.25) is 0 Å². The minimum Gasteiger partial charge on any atom is -0.316 e. The molecule has 0 aromatic carbocycles. The van der Waals surface area contributed by atoms with Crippen LogP contribution in [0.1, 0.15) is 20.3 Å². The molecule has 0 heterocycles. The molecule has 0 bridgehead atoms. The highest BCUT2D eigenvalue weighted by atomic mass is 79.9. The van der Waals surface area contributed by atoms with Crippen molar-refractivity contribution in [2.75, 3.05) is 18.4 Å². The van der Waals surface area contributed by atoms with Gasteiger partial charge in [-0.05, 0) is 18.9 Å². The molecule has 0 radical (unpaired) electrons. The molecule has 0 aromatic heterocycles. The van der Waals surface area contributed by atoms with E-state index in [1.807, 2.05) is 0 Å². The quantitative estimate of drug-likeness (QED) is 0.521. The minimum absolute atomic E-state index is 0.827. The van der Waals surface area contributed by atoms with E-state index in [4.69, 9.17) is 0 Å². The lowest BCUT2D eigenvalue weighted by Gasteiger charge is -2.03. The van der Waals surface area contributed by atoms with Gasteiger partial charge in [0.1, 0.15) is 0 Å². The molecule has 1 nitrogen and oxygen atoms in total. The van der Waals surface area contributed by atoms with Crippen molar-refractivity contribution < 1.29 is 0 Å². The molecule has 0 amide bonds. The summed E-state index contributed by atoms with van der Waals surface area (Å²) in [7, 11) is 0. The zero-order valence-corrected chi connectivity index (χ0v) is 7.87. The zero-order chi connectivity index (χ0) is 7.11. The summed E-state index contributed by atoms with van der Waals surface area (Å²) in [6.45, 7) is 6.74. The van der Waals surface area contributed by atoms with Gasteiger partial charge in [0.05, 0.1) is 0 Å². The molecular formula is C7H16BrN. The normalized spacial score (nSPS) is 10.7. The topological polar surface area (TPSA) is 12.0 Å². The summed E-state index contributed by atoms with van der Waals surface area (Å²) in [5.74, 6) is 0.827. The number of hydrogen-bond acceptors (Lipinski definition) is 1. The predicted molar refractivity (Wildman–Crippen MR) is 46.1 cm³/mol. The summed E-state index contributed by atoms with van der Waals surface area (Å²) < 4.78 is 0. The second-order valence-electron chi connectivity index (χ2n) is 2.62. The summed E-state index contributed by atoms with van der Waals surface area (Å²) in [6.07, 6.45) is 1.28. The fraction of sp³-hybridized carbons (Fsp3) is 1.00. The largest absolute Gasteiger partial charge is 0.316 e. The van der Waals surface area contributed by atoms with E-state index in [0.717, 1.165) is 24.3 Å². The van der Waals surface area contributed by atoms with Crippen LogP contribution in [0.25, 0.3) is 0 Å². The lowest BCUT2D eigenvalue weighted by molar-refractivity contribution is 0.548. The van der Waals surface area contributed by atoms with Crippen LogP contribution in [0.4, 0.5) is 0 Å². The molecule has 0 saturated carbocycles. The van der Waals surface area contributed by atoms with Gasteiger partial charge in [-0.25, -0.2) is 0 Å². The van der Waals surface area contributed by atoms with Gasteiger partial charge in [-0.15, -0.1) is 0 Å². The van der Waals surface area contributed by atoms with Crippen LogP contribution in [-0.2, 0) is 0 Å². The third kappa shape index (κ3) is 8.44. The molecule has 0 saturated heterocycles. The Kier molecular flexibility index (Phi) is 6.88. The van der Waals surface area contributed by atoms with E-state index in [-0.39, 0.29) is 0 Å². The smallest absolute Gasteiger partial charge is 0.0157 e. The van der Waals surface area contributed by atoms with Crippen LogP contribution in [0.15, 0.2) is 0 Å². The average molecular weight is 194 g/mol. The number of rotatable bonds is 5. The molecule has 0 spiro atoms. The van der Waals surface area contributed by atoms with E-state index in [2.05, 4.69) is 35.1 Å². The van der Waals surface area contributed by atoms with Crippen LogP contribution < -0.4 is 5.32 Å². The first-order chi connectivity index (χ1) is 4.27. The van der Waals surface area contributed by atoms with Crippen molar-refractivity contribution in [2.45, 2.75) is 20.3 Å². The van der Waals surface area contributed by atoms with Gasteiger partial charge in [0, 0.05) is 11.9 Å². The first-order valence-electron chi connectivity index (χ1n) is 3.54. The molecule has 0 unspecified atom stereocenters. The molecule has 0 fully saturated rings. The highest BCUT2D eigenvalue weighted by Crippen LogP contribution is 1.95. The minimum atomic E-state index is 0.827. The fourth-order valence-corrected chi connectivity index (χ4v) is 0.863. The zero-order valence-electron chi connectivity index (χ0n) is 6.28. The van der Waals surface area contributed by atoms with Gasteiger partial charge < -0.3 is 5.32 Å². The van der Waals surface area contributed by atoms with Gasteiger partial charge in [-0.2, -0.15) is 0 Å². The third-order valence-corrected chi connectivity index (χ3v) is 1.57. The molecule has 2 heteroatoms. The van der Waals surface area contributed by atoms with Crippen LogP contribution in [0.5, 0.6) is 0 Å². The van der Waals surface area contributed by atoms with Crippen molar-refractivity contribution >= 4 is 15.9 Å². The van der Waals surface area contributed by atoms with Crippen molar-refractivity contribution in [3.05, 3.63) is 0 Å². The van der Waals surface area contributed by atoms with Crippen molar-refractivity contribution in [1.29, 1.82) is 0 Å². The fourth-order valence-electron chi connectivity index (χ4n) is 0.583. The Bertz CT molecular complexity index is 54.9. The third-order valence-electron chi connectivity index (χ3n) is 1.17. The summed E-state index contributed by atoms with van der Waals surface area (Å²) in [5, 5.41) is 4.38. The maximum atomic E-state index is 3.35. The molecule has 56 valence electrons. The van der Waals surface area contributed by atoms with Crippen LogP contribution in [0, 0.1) is 5.92 Å². The Balaban J connectivity index is 2.75. The van der Waals surface area contributed by atoms with Crippen molar-refractivity contribution in [2.24, 2.45) is 5.92 Å². The van der Waals surface area contributed by atoms with Crippen LogP contribution in [0.3, 0.4) is 0 Å². The lowest BCUT2D eigenvalue weighted by Crippen LogP contribution is -2.18. The maximum Gasteiger partial charge on any atom is 0.0157 e. The van der Waals surface area contributed by atoms with E-state index in [1.165, 1.54) is 6.42 Å². The molecule has 0 rings (SSSR count). The van der Waals surface area contributed by atoms with Gasteiger partial charge >= 0.3 is 0 Å². The van der Waals surface area contributed by atoms with E-state index in [1.54, 1.807) is 0 Å². The Labute approximate surface area is 66.3 Å². The molecule has 0 aliphatic carbocycles. The second-order valence-corrected chi connectivity index (χ2v) is 3.41. The lowest BCUT2D eigenvalue weighted by atomic mass is 10.1. The summed E-state index contributed by atoms with van der Waals surface area (Å²) in [5.41, 5.74) is 0. The number of nitrogens with one attached hydrogen (secondary N) is 1. The second kappa shape index (κ2) is 6.56. The summed E-state index contributed by atoms with van der Waals surface area (Å²) >= 11 is 3.35. The number of alkyl halides is 1. The van der Waals surface area contributed by atoms with E-state index in [9.17, 15) is 0 Å². The van der Waals surface area contributed by atoms with Crippen molar-refractivity contribution in [1.82, 2.24) is 5.32 Å². The van der Waals surface area contributed by atoms with Gasteiger partial charge in [-0.3, -0.25) is 0 Å². The van der Waals surface area contributed by atoms with Crippen molar-refractivity contribution in [3.63, 3.8) is 0 Å². The maximum absolute atomic E-state index is 3.35. The highest BCUT2D eigenvalue weighted by molar-refractivity contribution is 9.09. The monoisotopic (exact) mass is 193 g/mol.